The molecular weight excluding hydrogens is 208 g/mol. The minimum Gasteiger partial charge on any atom is -0.394 e. The van der Waals surface area contributed by atoms with Gasteiger partial charge in [-0.1, -0.05) is 0 Å². The van der Waals surface area contributed by atoms with Crippen LogP contribution in [0.1, 0.15) is 0 Å². The lowest BCUT2D eigenvalue weighted by Crippen LogP contribution is -2.46. The summed E-state index contributed by atoms with van der Waals surface area (Å²) in [5, 5.41) is 37.8. The Labute approximate surface area is 83.9 Å². The lowest BCUT2D eigenvalue weighted by molar-refractivity contribution is -0.114. The van der Waals surface area contributed by atoms with Crippen molar-refractivity contribution in [2.24, 2.45) is 4.99 Å². The zero-order chi connectivity index (χ0) is 11.6. The standard InChI is InChI=1S/C7H10N2O6/c10-1-2(11)4(12)5(13)3-6(14)9-7(15)8-3/h2,4-5,10-13H,1H2,(H,9,14,15)/t2-,4+,5-/m1/s1. The number of carbonyl (C=O) groups is 2. The van der Waals surface area contributed by atoms with Crippen molar-refractivity contribution >= 4 is 17.6 Å². The van der Waals surface area contributed by atoms with Crippen LogP contribution in [0.4, 0.5) is 4.79 Å². The molecule has 1 rings (SSSR count). The zero-order valence-corrected chi connectivity index (χ0v) is 7.49. The summed E-state index contributed by atoms with van der Waals surface area (Å²) in [5.74, 6) is -0.934. The number of rotatable bonds is 4. The first kappa shape index (κ1) is 11.7. The second-order valence-corrected chi connectivity index (χ2v) is 2.94. The molecule has 0 fully saturated rings. The molecule has 8 nitrogen and oxygen atoms in total. The van der Waals surface area contributed by atoms with E-state index in [2.05, 4.69) is 4.99 Å². The predicted octanol–water partition coefficient (Wildman–Crippen LogP) is -3.25. The number of nitrogens with zero attached hydrogens (tertiary/aromatic N) is 1. The summed E-state index contributed by atoms with van der Waals surface area (Å²) in [6.45, 7) is -0.791. The highest BCUT2D eigenvalue weighted by molar-refractivity contribution is 6.47. The van der Waals surface area contributed by atoms with Crippen LogP contribution in [-0.4, -0.2) is 63.0 Å². The number of amides is 3. The molecule has 0 unspecified atom stereocenters. The van der Waals surface area contributed by atoms with Crippen LogP contribution in [0, 0.1) is 0 Å². The summed E-state index contributed by atoms with van der Waals surface area (Å²) in [6, 6.07) is -0.945. The molecule has 3 amide bonds. The van der Waals surface area contributed by atoms with Gasteiger partial charge in [-0.2, -0.15) is 4.99 Å². The van der Waals surface area contributed by atoms with Gasteiger partial charge in [-0.05, 0) is 0 Å². The van der Waals surface area contributed by atoms with Crippen molar-refractivity contribution in [2.75, 3.05) is 6.61 Å². The normalized spacial score (nSPS) is 22.0. The SMILES string of the molecule is O=C1N=C([C@@H](O)[C@@H](O)[C@H](O)CO)C(=O)N1. The highest BCUT2D eigenvalue weighted by Gasteiger charge is 2.36. The van der Waals surface area contributed by atoms with E-state index in [1.54, 1.807) is 5.32 Å². The van der Waals surface area contributed by atoms with Gasteiger partial charge in [-0.3, -0.25) is 10.1 Å². The van der Waals surface area contributed by atoms with Crippen molar-refractivity contribution in [3.05, 3.63) is 0 Å². The topological polar surface area (TPSA) is 139 Å². The highest BCUT2D eigenvalue weighted by Crippen LogP contribution is 2.06. The van der Waals surface area contributed by atoms with Gasteiger partial charge in [0.15, 0.2) is 0 Å². The van der Waals surface area contributed by atoms with E-state index >= 15 is 0 Å². The van der Waals surface area contributed by atoms with Crippen LogP contribution >= 0.6 is 0 Å². The van der Waals surface area contributed by atoms with Gasteiger partial charge in [0, 0.05) is 0 Å². The number of aliphatic imine (C=N–C) groups is 1. The van der Waals surface area contributed by atoms with Gasteiger partial charge in [-0.25, -0.2) is 4.79 Å². The van der Waals surface area contributed by atoms with Gasteiger partial charge in [0.2, 0.25) is 0 Å². The monoisotopic (exact) mass is 218 g/mol. The molecule has 0 saturated carbocycles. The molecule has 0 aromatic heterocycles. The molecule has 0 spiro atoms. The first-order valence-corrected chi connectivity index (χ1v) is 4.06. The molecule has 0 aromatic rings. The van der Waals surface area contributed by atoms with Crippen LogP contribution in [0.15, 0.2) is 4.99 Å². The number of aliphatic hydroxyl groups excluding tert-OH is 4. The summed E-state index contributed by atoms with van der Waals surface area (Å²) in [7, 11) is 0. The van der Waals surface area contributed by atoms with Gasteiger partial charge >= 0.3 is 6.03 Å². The van der Waals surface area contributed by atoms with E-state index in [0.29, 0.717) is 0 Å². The largest absolute Gasteiger partial charge is 0.394 e. The quantitative estimate of drug-likeness (QED) is 0.336. The van der Waals surface area contributed by atoms with Gasteiger partial charge < -0.3 is 20.4 Å². The molecule has 0 aromatic carbocycles. The maximum atomic E-state index is 11.0. The molecule has 0 saturated heterocycles. The van der Waals surface area contributed by atoms with Crippen LogP contribution < -0.4 is 5.32 Å². The second kappa shape index (κ2) is 4.45. The lowest BCUT2D eigenvalue weighted by Gasteiger charge is -2.20. The Morgan fingerprint density at radius 2 is 1.87 bits per heavy atom. The summed E-state index contributed by atoms with van der Waals surface area (Å²) < 4.78 is 0. The fourth-order valence-electron chi connectivity index (χ4n) is 1.03. The fourth-order valence-corrected chi connectivity index (χ4v) is 1.03. The van der Waals surface area contributed by atoms with Crippen molar-refractivity contribution in [3.63, 3.8) is 0 Å². The van der Waals surface area contributed by atoms with Crippen LogP contribution in [0.5, 0.6) is 0 Å². The Balaban J connectivity index is 2.76. The number of nitrogens with one attached hydrogen (secondary N) is 1. The third-order valence-electron chi connectivity index (χ3n) is 1.86. The second-order valence-electron chi connectivity index (χ2n) is 2.94. The third-order valence-corrected chi connectivity index (χ3v) is 1.86. The minimum absolute atomic E-state index is 0.583. The molecule has 0 radical (unpaired) electrons. The molecule has 5 N–H and O–H groups in total. The molecule has 15 heavy (non-hydrogen) atoms. The zero-order valence-electron chi connectivity index (χ0n) is 7.49. The number of hydrogen-bond acceptors (Lipinski definition) is 6. The Hall–Kier alpha value is -1.35. The van der Waals surface area contributed by atoms with Crippen LogP contribution in [0.3, 0.4) is 0 Å². The molecule has 1 aliphatic heterocycles. The van der Waals surface area contributed by atoms with Gasteiger partial charge in [0.05, 0.1) is 6.61 Å². The maximum Gasteiger partial charge on any atom is 0.348 e. The number of carbonyl (C=O) groups excluding carboxylic acids is 2. The van der Waals surface area contributed by atoms with Crippen molar-refractivity contribution in [1.82, 2.24) is 5.32 Å². The predicted molar refractivity (Wildman–Crippen MR) is 46.1 cm³/mol. The molecule has 1 heterocycles. The molecule has 3 atom stereocenters. The molecule has 0 aliphatic carbocycles. The van der Waals surface area contributed by atoms with E-state index in [4.69, 9.17) is 10.2 Å². The molecule has 8 heteroatoms. The van der Waals surface area contributed by atoms with Crippen LogP contribution in [0.25, 0.3) is 0 Å². The maximum absolute atomic E-state index is 11.0. The van der Waals surface area contributed by atoms with E-state index in [0.717, 1.165) is 0 Å². The molecule has 1 aliphatic rings. The number of hydrogen-bond donors (Lipinski definition) is 5. The Bertz CT molecular complexity index is 315. The summed E-state index contributed by atoms with van der Waals surface area (Å²) in [4.78, 5) is 24.7. The van der Waals surface area contributed by atoms with E-state index in [1.165, 1.54) is 0 Å². The number of urea groups is 1. The average Bonchev–Trinajstić information content (AvgIpc) is 2.54. The molecule has 0 bridgehead atoms. The first-order valence-electron chi connectivity index (χ1n) is 4.06. The Morgan fingerprint density at radius 1 is 1.27 bits per heavy atom. The van der Waals surface area contributed by atoms with E-state index in [9.17, 15) is 19.8 Å². The summed E-state index contributed by atoms with van der Waals surface area (Å²) >= 11 is 0. The van der Waals surface area contributed by atoms with Gasteiger partial charge in [0.1, 0.15) is 24.0 Å². The minimum atomic E-state index is -1.82. The van der Waals surface area contributed by atoms with Gasteiger partial charge in [0.25, 0.3) is 5.91 Å². The first-order chi connectivity index (χ1) is 6.97. The lowest BCUT2D eigenvalue weighted by atomic mass is 10.0. The van der Waals surface area contributed by atoms with Crippen LogP contribution in [0.2, 0.25) is 0 Å². The Morgan fingerprint density at radius 3 is 2.27 bits per heavy atom. The summed E-state index contributed by atoms with van der Waals surface area (Å²) in [6.07, 6.45) is -5.23. The van der Waals surface area contributed by atoms with Crippen molar-refractivity contribution in [3.8, 4) is 0 Å². The average molecular weight is 218 g/mol. The van der Waals surface area contributed by atoms with Crippen LogP contribution in [-0.2, 0) is 4.79 Å². The van der Waals surface area contributed by atoms with Crippen molar-refractivity contribution in [2.45, 2.75) is 18.3 Å². The van der Waals surface area contributed by atoms with Gasteiger partial charge in [-0.15, -0.1) is 0 Å². The smallest absolute Gasteiger partial charge is 0.348 e. The Kier molecular flexibility index (Phi) is 3.48. The molecule has 84 valence electrons. The van der Waals surface area contributed by atoms with E-state index in [-0.39, 0.29) is 0 Å². The number of aliphatic hydroxyl groups is 4. The highest BCUT2D eigenvalue weighted by atomic mass is 16.4. The van der Waals surface area contributed by atoms with E-state index < -0.39 is 42.6 Å². The third kappa shape index (κ3) is 2.36. The summed E-state index contributed by atoms with van der Waals surface area (Å²) in [5.41, 5.74) is -0.583. The fraction of sp³-hybridized carbons (Fsp3) is 0.571. The van der Waals surface area contributed by atoms with Crippen molar-refractivity contribution < 1.29 is 30.0 Å². The molecular formula is C7H10N2O6. The van der Waals surface area contributed by atoms with Crippen molar-refractivity contribution in [1.29, 1.82) is 0 Å². The van der Waals surface area contributed by atoms with E-state index in [1.807, 2.05) is 0 Å². The number of imide groups is 1.